The Labute approximate surface area is 196 Å². The van der Waals surface area contributed by atoms with Crippen LogP contribution in [-0.4, -0.2) is 0 Å². The molecule has 152 valence electrons. The van der Waals surface area contributed by atoms with Crippen LogP contribution in [0.15, 0.2) is 102 Å². The molecular formula is C27H26S3. The minimum absolute atomic E-state index is 0.812. The second-order valence-electron chi connectivity index (χ2n) is 7.12. The van der Waals surface area contributed by atoms with E-state index in [-0.39, 0.29) is 0 Å². The maximum atomic E-state index is 4.32. The molecule has 0 radical (unpaired) electrons. The summed E-state index contributed by atoms with van der Waals surface area (Å²) in [6, 6.07) is 33.9. The normalized spacial score (nSPS) is 10.3. The third-order valence-corrected chi connectivity index (χ3v) is 5.89. The van der Waals surface area contributed by atoms with E-state index in [1.165, 1.54) is 38.9 Å². The molecule has 3 heteroatoms. The van der Waals surface area contributed by atoms with Crippen molar-refractivity contribution in [2.75, 3.05) is 0 Å². The smallest absolute Gasteiger partial charge is 0.0154 e. The molecule has 4 rings (SSSR count). The van der Waals surface area contributed by atoms with Crippen LogP contribution < -0.4 is 0 Å². The summed E-state index contributed by atoms with van der Waals surface area (Å²) >= 11 is 12.6. The molecule has 0 heterocycles. The van der Waals surface area contributed by atoms with Crippen LogP contribution in [0.4, 0.5) is 0 Å². The van der Waals surface area contributed by atoms with Crippen molar-refractivity contribution in [1.82, 2.24) is 0 Å². The zero-order valence-corrected chi connectivity index (χ0v) is 19.7. The Bertz CT molecular complexity index is 946. The summed E-state index contributed by atoms with van der Waals surface area (Å²) in [4.78, 5) is 0.991. The van der Waals surface area contributed by atoms with E-state index in [0.29, 0.717) is 0 Å². The van der Waals surface area contributed by atoms with Crippen LogP contribution in [0, 0.1) is 6.92 Å². The highest BCUT2D eigenvalue weighted by Gasteiger charge is 2.00. The van der Waals surface area contributed by atoms with Crippen LogP contribution >= 0.6 is 37.9 Å². The van der Waals surface area contributed by atoms with Crippen LogP contribution in [0.2, 0.25) is 0 Å². The van der Waals surface area contributed by atoms with E-state index in [4.69, 9.17) is 0 Å². The van der Waals surface area contributed by atoms with Gasteiger partial charge in [0.2, 0.25) is 0 Å². The number of rotatable bonds is 4. The zero-order valence-electron chi connectivity index (χ0n) is 17.0. The number of hydrogen-bond acceptors (Lipinski definition) is 3. The van der Waals surface area contributed by atoms with E-state index >= 15 is 0 Å². The van der Waals surface area contributed by atoms with Gasteiger partial charge in [-0.15, -0.1) is 12.6 Å². The van der Waals surface area contributed by atoms with Crippen LogP contribution in [0.3, 0.4) is 0 Å². The second-order valence-corrected chi connectivity index (χ2v) is 8.27. The maximum Gasteiger partial charge on any atom is 0.0154 e. The monoisotopic (exact) mass is 446 g/mol. The minimum Gasteiger partial charge on any atom is -0.175 e. The van der Waals surface area contributed by atoms with Crippen LogP contribution in [-0.2, 0) is 11.5 Å². The first-order valence-electron chi connectivity index (χ1n) is 9.85. The van der Waals surface area contributed by atoms with Gasteiger partial charge in [-0.2, -0.15) is 25.3 Å². The van der Waals surface area contributed by atoms with Crippen molar-refractivity contribution in [1.29, 1.82) is 0 Å². The number of hydrogen-bond donors (Lipinski definition) is 3. The molecule has 0 aliphatic heterocycles. The van der Waals surface area contributed by atoms with Gasteiger partial charge in [-0.25, -0.2) is 0 Å². The van der Waals surface area contributed by atoms with Gasteiger partial charge in [0.25, 0.3) is 0 Å². The van der Waals surface area contributed by atoms with Crippen molar-refractivity contribution in [3.63, 3.8) is 0 Å². The zero-order chi connectivity index (χ0) is 21.3. The first-order chi connectivity index (χ1) is 14.6. The summed E-state index contributed by atoms with van der Waals surface area (Å²) in [5, 5.41) is 0. The third-order valence-electron chi connectivity index (χ3n) is 4.86. The maximum absolute atomic E-state index is 4.32. The van der Waals surface area contributed by atoms with Gasteiger partial charge in [-0.1, -0.05) is 90.5 Å². The van der Waals surface area contributed by atoms with Crippen molar-refractivity contribution in [2.24, 2.45) is 0 Å². The molecule has 0 atom stereocenters. The highest BCUT2D eigenvalue weighted by Crippen LogP contribution is 2.25. The Balaban J connectivity index is 0.000000216. The lowest BCUT2D eigenvalue weighted by atomic mass is 10.00. The van der Waals surface area contributed by atoms with Gasteiger partial charge in [0.1, 0.15) is 0 Å². The van der Waals surface area contributed by atoms with Crippen LogP contribution in [0.25, 0.3) is 22.3 Å². The third kappa shape index (κ3) is 6.46. The summed E-state index contributed by atoms with van der Waals surface area (Å²) in [5.74, 6) is 1.62. The number of benzene rings is 4. The lowest BCUT2D eigenvalue weighted by Crippen LogP contribution is -1.81. The molecule has 0 aliphatic rings. The van der Waals surface area contributed by atoms with Crippen molar-refractivity contribution < 1.29 is 0 Å². The van der Waals surface area contributed by atoms with E-state index in [0.717, 1.165) is 16.4 Å². The summed E-state index contributed by atoms with van der Waals surface area (Å²) in [5.41, 5.74) is 8.76. The van der Waals surface area contributed by atoms with E-state index < -0.39 is 0 Å². The van der Waals surface area contributed by atoms with Gasteiger partial charge in [0.05, 0.1) is 0 Å². The molecule has 0 saturated heterocycles. The van der Waals surface area contributed by atoms with E-state index in [9.17, 15) is 0 Å². The predicted molar refractivity (Wildman–Crippen MR) is 141 cm³/mol. The van der Waals surface area contributed by atoms with Gasteiger partial charge in [0.15, 0.2) is 0 Å². The molecule has 0 aliphatic carbocycles. The Kier molecular flexibility index (Phi) is 8.56. The molecule has 30 heavy (non-hydrogen) atoms. The molecule has 0 spiro atoms. The van der Waals surface area contributed by atoms with Crippen LogP contribution in [0.5, 0.6) is 0 Å². The van der Waals surface area contributed by atoms with Crippen molar-refractivity contribution in [2.45, 2.75) is 23.3 Å². The molecule has 0 bridgehead atoms. The first-order valence-corrected chi connectivity index (χ1v) is 11.6. The fourth-order valence-electron chi connectivity index (χ4n) is 3.01. The number of aryl methyl sites for hydroxylation is 1. The lowest BCUT2D eigenvalue weighted by molar-refractivity contribution is 1.35. The highest BCUT2D eigenvalue weighted by atomic mass is 32.1. The minimum atomic E-state index is 0.812. The lowest BCUT2D eigenvalue weighted by Gasteiger charge is -2.06. The van der Waals surface area contributed by atoms with Gasteiger partial charge in [0, 0.05) is 16.4 Å². The van der Waals surface area contributed by atoms with Crippen molar-refractivity contribution >= 4 is 37.9 Å². The highest BCUT2D eigenvalue weighted by molar-refractivity contribution is 7.80. The molecule has 0 aromatic heterocycles. The van der Waals surface area contributed by atoms with Gasteiger partial charge < -0.3 is 0 Å². The largest absolute Gasteiger partial charge is 0.175 e. The Morgan fingerprint density at radius 3 is 1.10 bits per heavy atom. The van der Waals surface area contributed by atoms with Gasteiger partial charge in [-0.05, 0) is 52.4 Å². The summed E-state index contributed by atoms with van der Waals surface area (Å²) in [6.45, 7) is 2.11. The Morgan fingerprint density at radius 2 is 0.767 bits per heavy atom. The molecule has 0 nitrogen and oxygen atoms in total. The second kappa shape index (κ2) is 11.4. The van der Waals surface area contributed by atoms with E-state index in [1.54, 1.807) is 0 Å². The topological polar surface area (TPSA) is 0 Å². The SMILES string of the molecule is Cc1ccc(-c2ccc(-c3ccc(S)cc3)cc2)cc1.SCc1ccc(CS)cc1. The molecule has 4 aromatic carbocycles. The average molecular weight is 447 g/mol. The van der Waals surface area contributed by atoms with E-state index in [1.807, 2.05) is 12.1 Å². The Hall–Kier alpha value is -2.07. The average Bonchev–Trinajstić information content (AvgIpc) is 2.81. The summed E-state index contributed by atoms with van der Waals surface area (Å²) in [6.07, 6.45) is 0. The molecular weight excluding hydrogens is 420 g/mol. The predicted octanol–water partition coefficient (Wildman–Crippen LogP) is 8.16. The number of thiol groups is 3. The van der Waals surface area contributed by atoms with E-state index in [2.05, 4.69) is 130 Å². The summed E-state index contributed by atoms with van der Waals surface area (Å²) in [7, 11) is 0. The molecule has 0 amide bonds. The fourth-order valence-corrected chi connectivity index (χ4v) is 3.58. The summed E-state index contributed by atoms with van der Waals surface area (Å²) < 4.78 is 0. The molecule has 0 unspecified atom stereocenters. The molecule has 0 N–H and O–H groups in total. The van der Waals surface area contributed by atoms with Crippen LogP contribution in [0.1, 0.15) is 16.7 Å². The fraction of sp³-hybridized carbons (Fsp3) is 0.111. The molecule has 0 saturated carbocycles. The van der Waals surface area contributed by atoms with Gasteiger partial charge in [-0.3, -0.25) is 0 Å². The molecule has 0 fully saturated rings. The Morgan fingerprint density at radius 1 is 0.467 bits per heavy atom. The molecule has 4 aromatic rings. The van der Waals surface area contributed by atoms with Crippen molar-refractivity contribution in [3.05, 3.63) is 114 Å². The van der Waals surface area contributed by atoms with Crippen molar-refractivity contribution in [3.8, 4) is 22.3 Å². The first kappa shape index (κ1) is 22.6. The van der Waals surface area contributed by atoms with Gasteiger partial charge >= 0.3 is 0 Å². The standard InChI is InChI=1S/C19H16S.C8H10S2/c1-14-2-4-15(5-3-14)16-6-8-17(9-7-16)18-10-12-19(20)13-11-18;9-5-7-1-2-8(6-10)4-3-7/h2-13,20H,1H3;1-4,9-10H,5-6H2. The quantitative estimate of drug-likeness (QED) is 0.259.